The van der Waals surface area contributed by atoms with E-state index in [1.807, 2.05) is 0 Å². The summed E-state index contributed by atoms with van der Waals surface area (Å²) >= 11 is 0. The summed E-state index contributed by atoms with van der Waals surface area (Å²) in [6, 6.07) is 3.42. The molecular formula is C16H20F3NO4. The van der Waals surface area contributed by atoms with Crippen molar-refractivity contribution in [3.8, 4) is 11.5 Å². The molecule has 5 nitrogen and oxygen atoms in total. The predicted octanol–water partition coefficient (Wildman–Crippen LogP) is 2.97. The second-order valence-corrected chi connectivity index (χ2v) is 5.79. The van der Waals surface area contributed by atoms with Crippen molar-refractivity contribution in [2.75, 3.05) is 26.8 Å². The second kappa shape index (κ2) is 7.74. The van der Waals surface area contributed by atoms with Gasteiger partial charge in [-0.2, -0.15) is 13.2 Å². The lowest BCUT2D eigenvalue weighted by molar-refractivity contribution is -0.153. The molecule has 1 aromatic rings. The number of benzene rings is 1. The van der Waals surface area contributed by atoms with Gasteiger partial charge in [-0.3, -0.25) is 4.79 Å². The van der Waals surface area contributed by atoms with Crippen LogP contribution in [0.25, 0.3) is 0 Å². The number of carbonyl (C=O) groups is 1. The molecule has 1 atom stereocenters. The van der Waals surface area contributed by atoms with Crippen LogP contribution in [0.5, 0.6) is 11.5 Å². The number of alkyl halides is 3. The van der Waals surface area contributed by atoms with Gasteiger partial charge in [0.1, 0.15) is 11.5 Å². The minimum atomic E-state index is -4.50. The molecule has 24 heavy (non-hydrogen) atoms. The summed E-state index contributed by atoms with van der Waals surface area (Å²) in [4.78, 5) is 13.8. The van der Waals surface area contributed by atoms with Crippen molar-refractivity contribution in [3.63, 3.8) is 0 Å². The van der Waals surface area contributed by atoms with E-state index in [4.69, 9.17) is 4.74 Å². The zero-order valence-electron chi connectivity index (χ0n) is 13.3. The topological polar surface area (TPSA) is 59.0 Å². The molecule has 1 heterocycles. The molecule has 0 saturated carbocycles. The van der Waals surface area contributed by atoms with Crippen LogP contribution >= 0.6 is 0 Å². The van der Waals surface area contributed by atoms with E-state index in [1.54, 1.807) is 7.05 Å². The molecule has 1 aliphatic heterocycles. The van der Waals surface area contributed by atoms with Gasteiger partial charge in [0.2, 0.25) is 0 Å². The van der Waals surface area contributed by atoms with Crippen LogP contribution < -0.4 is 4.74 Å². The number of halogens is 3. The van der Waals surface area contributed by atoms with E-state index in [-0.39, 0.29) is 23.2 Å². The summed E-state index contributed by atoms with van der Waals surface area (Å²) < 4.78 is 46.8. The van der Waals surface area contributed by atoms with E-state index in [9.17, 15) is 23.1 Å². The monoisotopic (exact) mass is 347 g/mol. The Morgan fingerprint density at radius 2 is 2.12 bits per heavy atom. The molecule has 1 amide bonds. The Morgan fingerprint density at radius 1 is 1.38 bits per heavy atom. The maximum atomic E-state index is 12.4. The molecule has 1 N–H and O–H groups in total. The van der Waals surface area contributed by atoms with E-state index in [0.29, 0.717) is 13.2 Å². The van der Waals surface area contributed by atoms with Gasteiger partial charge in [0, 0.05) is 31.8 Å². The first-order chi connectivity index (χ1) is 11.2. The molecule has 0 aliphatic carbocycles. The van der Waals surface area contributed by atoms with Gasteiger partial charge in [-0.05, 0) is 31.4 Å². The van der Waals surface area contributed by atoms with Crippen LogP contribution in [0, 0.1) is 0 Å². The van der Waals surface area contributed by atoms with Crippen molar-refractivity contribution in [2.45, 2.75) is 31.5 Å². The van der Waals surface area contributed by atoms with Gasteiger partial charge in [0.15, 0.2) is 6.61 Å². The second-order valence-electron chi connectivity index (χ2n) is 5.79. The van der Waals surface area contributed by atoms with Gasteiger partial charge in [0.25, 0.3) is 5.91 Å². The number of phenolic OH excluding ortho intramolecular Hbond substituents is 1. The zero-order chi connectivity index (χ0) is 17.7. The molecule has 134 valence electrons. The highest BCUT2D eigenvalue weighted by Gasteiger charge is 2.28. The number of amides is 1. The van der Waals surface area contributed by atoms with Gasteiger partial charge in [-0.15, -0.1) is 0 Å². The third-order valence-electron chi connectivity index (χ3n) is 3.64. The maximum Gasteiger partial charge on any atom is 0.422 e. The number of hydrogen-bond donors (Lipinski definition) is 1. The first-order valence-corrected chi connectivity index (χ1v) is 7.65. The van der Waals surface area contributed by atoms with Gasteiger partial charge in [0.05, 0.1) is 6.10 Å². The predicted molar refractivity (Wildman–Crippen MR) is 80.2 cm³/mol. The molecule has 2 rings (SSSR count). The molecule has 0 radical (unpaired) electrons. The van der Waals surface area contributed by atoms with E-state index in [1.165, 1.54) is 17.0 Å². The van der Waals surface area contributed by atoms with E-state index >= 15 is 0 Å². The summed E-state index contributed by atoms with van der Waals surface area (Å²) in [7, 11) is 1.58. The SMILES string of the molecule is CN(C[C@@H]1CCCCO1)C(=O)c1cc(O)cc(OCC(F)(F)F)c1. The van der Waals surface area contributed by atoms with Crippen LogP contribution in [-0.4, -0.2) is 55.0 Å². The Morgan fingerprint density at radius 3 is 2.75 bits per heavy atom. The molecule has 0 spiro atoms. The summed E-state index contributed by atoms with van der Waals surface area (Å²) in [5.41, 5.74) is 0.0606. The molecule has 8 heteroatoms. The van der Waals surface area contributed by atoms with Crippen molar-refractivity contribution in [2.24, 2.45) is 0 Å². The Labute approximate surface area is 138 Å². The van der Waals surface area contributed by atoms with Crippen LogP contribution in [0.15, 0.2) is 18.2 Å². The van der Waals surface area contributed by atoms with Gasteiger partial charge >= 0.3 is 6.18 Å². The Hall–Kier alpha value is -1.96. The Kier molecular flexibility index (Phi) is 5.93. The van der Waals surface area contributed by atoms with E-state index in [2.05, 4.69) is 4.74 Å². The minimum absolute atomic E-state index is 0.0500. The normalized spacial score (nSPS) is 18.2. The van der Waals surface area contributed by atoms with Crippen molar-refractivity contribution in [1.29, 1.82) is 0 Å². The lowest BCUT2D eigenvalue weighted by Gasteiger charge is -2.27. The van der Waals surface area contributed by atoms with Gasteiger partial charge < -0.3 is 19.5 Å². The van der Waals surface area contributed by atoms with Crippen LogP contribution in [0.2, 0.25) is 0 Å². The number of aromatic hydroxyl groups is 1. The zero-order valence-corrected chi connectivity index (χ0v) is 13.3. The highest BCUT2D eigenvalue weighted by molar-refractivity contribution is 5.95. The number of phenols is 1. The number of ether oxygens (including phenoxy) is 2. The van der Waals surface area contributed by atoms with Gasteiger partial charge in [-0.1, -0.05) is 0 Å². The number of rotatable bonds is 5. The summed E-state index contributed by atoms with van der Waals surface area (Å²) in [6.07, 6.45) is -1.65. The van der Waals surface area contributed by atoms with Crippen molar-refractivity contribution in [3.05, 3.63) is 23.8 Å². The highest BCUT2D eigenvalue weighted by Crippen LogP contribution is 2.25. The van der Waals surface area contributed by atoms with Crippen molar-refractivity contribution < 1.29 is 32.5 Å². The standard InChI is InChI=1S/C16H20F3NO4/c1-20(9-13-4-2-3-5-23-13)15(22)11-6-12(21)8-14(7-11)24-10-16(17,18)19/h6-8,13,21H,2-5,9-10H2,1H3/t13-/m0/s1. The molecule has 1 fully saturated rings. The molecule has 1 aromatic carbocycles. The Bertz CT molecular complexity index is 571. The average Bonchev–Trinajstić information content (AvgIpc) is 2.52. The summed E-state index contributed by atoms with van der Waals surface area (Å²) in [6.45, 7) is -0.447. The van der Waals surface area contributed by atoms with Crippen LogP contribution in [0.1, 0.15) is 29.6 Å². The van der Waals surface area contributed by atoms with Crippen molar-refractivity contribution >= 4 is 5.91 Å². The largest absolute Gasteiger partial charge is 0.508 e. The smallest absolute Gasteiger partial charge is 0.422 e. The third kappa shape index (κ3) is 5.59. The highest BCUT2D eigenvalue weighted by atomic mass is 19.4. The average molecular weight is 347 g/mol. The molecular weight excluding hydrogens is 327 g/mol. The molecule has 1 aliphatic rings. The van der Waals surface area contributed by atoms with E-state index < -0.39 is 18.7 Å². The maximum absolute atomic E-state index is 12.4. The summed E-state index contributed by atoms with van der Waals surface area (Å²) in [5, 5.41) is 9.62. The number of likely N-dealkylation sites (N-methyl/N-ethyl adjacent to an activating group) is 1. The fraction of sp³-hybridized carbons (Fsp3) is 0.562. The Balaban J connectivity index is 2.03. The first kappa shape index (κ1) is 18.4. The lowest BCUT2D eigenvalue weighted by Crippen LogP contribution is -2.37. The molecule has 0 unspecified atom stereocenters. The fourth-order valence-corrected chi connectivity index (χ4v) is 2.52. The van der Waals surface area contributed by atoms with Crippen LogP contribution in [-0.2, 0) is 4.74 Å². The minimum Gasteiger partial charge on any atom is -0.508 e. The molecule has 1 saturated heterocycles. The number of hydrogen-bond acceptors (Lipinski definition) is 4. The van der Waals surface area contributed by atoms with E-state index in [0.717, 1.165) is 25.3 Å². The first-order valence-electron chi connectivity index (χ1n) is 7.65. The van der Waals surface area contributed by atoms with Crippen LogP contribution in [0.3, 0.4) is 0 Å². The van der Waals surface area contributed by atoms with Crippen molar-refractivity contribution in [1.82, 2.24) is 4.90 Å². The quantitative estimate of drug-likeness (QED) is 0.890. The fourth-order valence-electron chi connectivity index (χ4n) is 2.52. The molecule has 0 bridgehead atoms. The summed E-state index contributed by atoms with van der Waals surface area (Å²) in [5.74, 6) is -0.963. The number of carbonyl (C=O) groups excluding carboxylic acids is 1. The number of nitrogens with zero attached hydrogens (tertiary/aromatic N) is 1. The lowest BCUT2D eigenvalue weighted by atomic mass is 10.1. The van der Waals surface area contributed by atoms with Crippen LogP contribution in [0.4, 0.5) is 13.2 Å². The molecule has 0 aromatic heterocycles. The van der Waals surface area contributed by atoms with Gasteiger partial charge in [-0.25, -0.2) is 0 Å². The third-order valence-corrected chi connectivity index (χ3v) is 3.64.